The van der Waals surface area contributed by atoms with E-state index in [0.29, 0.717) is 38.2 Å². The zero-order valence-electron chi connectivity index (χ0n) is 22.8. The van der Waals surface area contributed by atoms with Crippen molar-refractivity contribution < 1.29 is 29.0 Å². The molecule has 1 fully saturated rings. The fourth-order valence-electron chi connectivity index (χ4n) is 5.32. The number of carbonyl (C=O) groups excluding carboxylic acids is 2. The molecule has 10 heteroatoms. The molecule has 2 heterocycles. The number of alkyl carbamates (subject to hydrolysis) is 1. The number of carboxylic acid groups (broad SMARTS) is 1. The van der Waals surface area contributed by atoms with E-state index in [1.54, 1.807) is 12.3 Å². The zero-order valence-corrected chi connectivity index (χ0v) is 22.8. The summed E-state index contributed by atoms with van der Waals surface area (Å²) < 4.78 is 10.8. The standard InChI is InChI=1S/C31H34N4O6/c36-29(21-12-13-28(33-19-21)35-15-17-40-18-16-35)32-14-6-5-11-27(30(37)38)34-31(39)41-20-26-24-9-3-1-7-22(24)23-8-2-4-10-25(23)26/h1-4,7-10,12-13,19,26-27H,5-6,11,14-18,20H2,(H,32,36)(H,34,39)(H,37,38). The molecule has 3 N–H and O–H groups in total. The molecule has 1 aliphatic carbocycles. The van der Waals surface area contributed by atoms with E-state index in [0.717, 1.165) is 41.2 Å². The number of carboxylic acids is 1. The molecule has 214 valence electrons. The van der Waals surface area contributed by atoms with E-state index in [1.807, 2.05) is 42.5 Å². The number of aliphatic carboxylic acids is 1. The van der Waals surface area contributed by atoms with Crippen LogP contribution in [0.5, 0.6) is 0 Å². The Balaban J connectivity index is 1.04. The summed E-state index contributed by atoms with van der Waals surface area (Å²) in [5.41, 5.74) is 4.87. The molecule has 0 spiro atoms. The van der Waals surface area contributed by atoms with Crippen LogP contribution in [0.3, 0.4) is 0 Å². The molecule has 1 aliphatic heterocycles. The molecule has 0 bridgehead atoms. The Labute approximate surface area is 238 Å². The molecular formula is C31H34N4O6. The third kappa shape index (κ3) is 6.83. The van der Waals surface area contributed by atoms with Crippen LogP contribution in [0, 0.1) is 0 Å². The lowest BCUT2D eigenvalue weighted by atomic mass is 9.98. The van der Waals surface area contributed by atoms with Gasteiger partial charge in [-0.2, -0.15) is 0 Å². The van der Waals surface area contributed by atoms with Crippen molar-refractivity contribution in [1.29, 1.82) is 0 Å². The van der Waals surface area contributed by atoms with E-state index in [9.17, 15) is 19.5 Å². The summed E-state index contributed by atoms with van der Waals surface area (Å²) in [5, 5.41) is 14.9. The Bertz CT molecular complexity index is 1330. The summed E-state index contributed by atoms with van der Waals surface area (Å²) in [6, 6.07) is 18.5. The zero-order chi connectivity index (χ0) is 28.6. The van der Waals surface area contributed by atoms with Crippen molar-refractivity contribution in [3.63, 3.8) is 0 Å². The van der Waals surface area contributed by atoms with Crippen LogP contribution in [-0.2, 0) is 14.3 Å². The maximum Gasteiger partial charge on any atom is 0.407 e. The van der Waals surface area contributed by atoms with Gasteiger partial charge in [-0.05, 0) is 53.6 Å². The molecule has 0 saturated carbocycles. The number of nitrogens with zero attached hydrogens (tertiary/aromatic N) is 2. The number of rotatable bonds is 11. The summed E-state index contributed by atoms with van der Waals surface area (Å²) >= 11 is 0. The van der Waals surface area contributed by atoms with Gasteiger partial charge < -0.3 is 30.1 Å². The Morgan fingerprint density at radius 3 is 2.29 bits per heavy atom. The third-order valence-corrected chi connectivity index (χ3v) is 7.48. The molecule has 1 saturated heterocycles. The van der Waals surface area contributed by atoms with Gasteiger partial charge in [0.25, 0.3) is 5.91 Å². The number of morpholine rings is 1. The van der Waals surface area contributed by atoms with Crippen molar-refractivity contribution in [2.75, 3.05) is 44.4 Å². The summed E-state index contributed by atoms with van der Waals surface area (Å²) in [7, 11) is 0. The molecule has 2 aliphatic rings. The first-order valence-electron chi connectivity index (χ1n) is 13.9. The minimum Gasteiger partial charge on any atom is -0.480 e. The third-order valence-electron chi connectivity index (χ3n) is 7.48. The molecule has 1 aromatic heterocycles. The highest BCUT2D eigenvalue weighted by Gasteiger charge is 2.29. The van der Waals surface area contributed by atoms with Crippen LogP contribution in [0.1, 0.15) is 46.7 Å². The first kappa shape index (κ1) is 28.1. The lowest BCUT2D eigenvalue weighted by Crippen LogP contribution is -2.41. The van der Waals surface area contributed by atoms with Crippen molar-refractivity contribution in [1.82, 2.24) is 15.6 Å². The molecule has 1 unspecified atom stereocenters. The van der Waals surface area contributed by atoms with E-state index < -0.39 is 18.1 Å². The number of amides is 2. The molecule has 41 heavy (non-hydrogen) atoms. The number of hydrogen-bond donors (Lipinski definition) is 3. The molecule has 3 aromatic rings. The molecule has 10 nitrogen and oxygen atoms in total. The molecule has 2 amide bonds. The lowest BCUT2D eigenvalue weighted by molar-refractivity contribution is -0.139. The highest BCUT2D eigenvalue weighted by Crippen LogP contribution is 2.44. The molecular weight excluding hydrogens is 524 g/mol. The number of ether oxygens (including phenoxy) is 2. The number of pyridine rings is 1. The van der Waals surface area contributed by atoms with Crippen molar-refractivity contribution in [2.45, 2.75) is 31.2 Å². The highest BCUT2D eigenvalue weighted by molar-refractivity contribution is 5.94. The van der Waals surface area contributed by atoms with Crippen LogP contribution in [0.15, 0.2) is 66.9 Å². The number of unbranched alkanes of at least 4 members (excludes halogenated alkanes) is 1. The number of aromatic nitrogens is 1. The van der Waals surface area contributed by atoms with Gasteiger partial charge in [-0.15, -0.1) is 0 Å². The van der Waals surface area contributed by atoms with Crippen LogP contribution in [0.25, 0.3) is 11.1 Å². The van der Waals surface area contributed by atoms with E-state index in [1.165, 1.54) is 0 Å². The van der Waals surface area contributed by atoms with Gasteiger partial charge in [0.15, 0.2) is 0 Å². The summed E-state index contributed by atoms with van der Waals surface area (Å²) in [6.07, 6.45) is 2.06. The lowest BCUT2D eigenvalue weighted by Gasteiger charge is -2.27. The van der Waals surface area contributed by atoms with Crippen molar-refractivity contribution in [3.05, 3.63) is 83.6 Å². The van der Waals surface area contributed by atoms with Gasteiger partial charge in [-0.1, -0.05) is 48.5 Å². The van der Waals surface area contributed by atoms with E-state index in [2.05, 4.69) is 32.7 Å². The summed E-state index contributed by atoms with van der Waals surface area (Å²) in [4.78, 5) is 43.3. The number of anilines is 1. The quantitative estimate of drug-likeness (QED) is 0.303. The summed E-state index contributed by atoms with van der Waals surface area (Å²) in [5.74, 6) is -0.661. The number of carbonyl (C=O) groups is 3. The average Bonchev–Trinajstić information content (AvgIpc) is 3.33. The number of nitrogens with one attached hydrogen (secondary N) is 2. The van der Waals surface area contributed by atoms with Crippen molar-refractivity contribution in [2.24, 2.45) is 0 Å². The second-order valence-corrected chi connectivity index (χ2v) is 10.1. The predicted molar refractivity (Wildman–Crippen MR) is 153 cm³/mol. The predicted octanol–water partition coefficient (Wildman–Crippen LogP) is 3.81. The van der Waals surface area contributed by atoms with Crippen LogP contribution in [0.2, 0.25) is 0 Å². The van der Waals surface area contributed by atoms with Crippen molar-refractivity contribution >= 4 is 23.8 Å². The van der Waals surface area contributed by atoms with Gasteiger partial charge in [0.05, 0.1) is 18.8 Å². The SMILES string of the molecule is O=C(NC(CCCCNC(=O)c1ccc(N2CCOCC2)nc1)C(=O)O)OCC1c2ccccc2-c2ccccc21. The average molecular weight is 559 g/mol. The largest absolute Gasteiger partial charge is 0.480 e. The van der Waals surface area contributed by atoms with Gasteiger partial charge in [0.2, 0.25) is 0 Å². The second kappa shape index (κ2) is 13.3. The minimum atomic E-state index is -1.13. The van der Waals surface area contributed by atoms with E-state index in [-0.39, 0.29) is 24.9 Å². The number of hydrogen-bond acceptors (Lipinski definition) is 7. The monoisotopic (exact) mass is 558 g/mol. The molecule has 5 rings (SSSR count). The number of fused-ring (bicyclic) bond motifs is 3. The second-order valence-electron chi connectivity index (χ2n) is 10.1. The van der Waals surface area contributed by atoms with Crippen LogP contribution < -0.4 is 15.5 Å². The maximum atomic E-state index is 12.5. The molecule has 2 aromatic carbocycles. The molecule has 1 atom stereocenters. The first-order valence-corrected chi connectivity index (χ1v) is 13.9. The molecule has 0 radical (unpaired) electrons. The van der Waals surface area contributed by atoms with Crippen molar-refractivity contribution in [3.8, 4) is 11.1 Å². The topological polar surface area (TPSA) is 130 Å². The Hall–Kier alpha value is -4.44. The van der Waals surface area contributed by atoms with Gasteiger partial charge >= 0.3 is 12.1 Å². The van der Waals surface area contributed by atoms with Gasteiger partial charge in [-0.3, -0.25) is 4.79 Å². The maximum absolute atomic E-state index is 12.5. The Morgan fingerprint density at radius 2 is 1.66 bits per heavy atom. The van der Waals surface area contributed by atoms with Gasteiger partial charge in [-0.25, -0.2) is 14.6 Å². The smallest absolute Gasteiger partial charge is 0.407 e. The first-order chi connectivity index (χ1) is 20.0. The fraction of sp³-hybridized carbons (Fsp3) is 0.355. The van der Waals surface area contributed by atoms with E-state index in [4.69, 9.17) is 9.47 Å². The minimum absolute atomic E-state index is 0.106. The van der Waals surface area contributed by atoms with Crippen LogP contribution in [-0.4, -0.2) is 73.6 Å². The van der Waals surface area contributed by atoms with Gasteiger partial charge in [0, 0.05) is 31.7 Å². The number of benzene rings is 2. The van der Waals surface area contributed by atoms with Crippen LogP contribution >= 0.6 is 0 Å². The Morgan fingerprint density at radius 1 is 0.976 bits per heavy atom. The highest BCUT2D eigenvalue weighted by atomic mass is 16.5. The summed E-state index contributed by atoms with van der Waals surface area (Å²) in [6.45, 7) is 3.35. The fourth-order valence-corrected chi connectivity index (χ4v) is 5.32. The van der Waals surface area contributed by atoms with Gasteiger partial charge in [0.1, 0.15) is 18.5 Å². The Kier molecular flexibility index (Phi) is 9.10. The normalized spacial score (nSPS) is 15.0. The van der Waals surface area contributed by atoms with Crippen LogP contribution in [0.4, 0.5) is 10.6 Å². The van der Waals surface area contributed by atoms with E-state index >= 15 is 0 Å².